The molecule has 0 radical (unpaired) electrons. The maximum Gasteiger partial charge on any atom is 0.251 e. The monoisotopic (exact) mass is 275 g/mol. The van der Waals surface area contributed by atoms with Crippen LogP contribution in [0.5, 0.6) is 5.75 Å². The molecule has 0 spiro atoms. The predicted molar refractivity (Wildman–Crippen MR) is 75.8 cm³/mol. The van der Waals surface area contributed by atoms with Crippen LogP contribution in [0.3, 0.4) is 0 Å². The molecule has 2 N–H and O–H groups in total. The van der Waals surface area contributed by atoms with Crippen LogP contribution in [-0.4, -0.2) is 29.8 Å². The molecule has 0 atom stereocenters. The van der Waals surface area contributed by atoms with Gasteiger partial charge in [0, 0.05) is 12.1 Å². The average Bonchev–Trinajstić information content (AvgIpc) is 3.25. The molecule has 0 bridgehead atoms. The molecule has 4 nitrogen and oxygen atoms in total. The van der Waals surface area contributed by atoms with Crippen molar-refractivity contribution in [2.75, 3.05) is 13.2 Å². The quantitative estimate of drug-likeness (QED) is 0.836. The fourth-order valence-corrected chi connectivity index (χ4v) is 2.31. The van der Waals surface area contributed by atoms with E-state index < -0.39 is 5.60 Å². The number of ether oxygens (including phenoxy) is 1. The highest BCUT2D eigenvalue weighted by Gasteiger charge is 2.34. The van der Waals surface area contributed by atoms with Gasteiger partial charge in [-0.05, 0) is 62.3 Å². The van der Waals surface area contributed by atoms with Crippen molar-refractivity contribution < 1.29 is 14.6 Å². The summed E-state index contributed by atoms with van der Waals surface area (Å²) in [5, 5.41) is 12.7. The highest BCUT2D eigenvalue weighted by Crippen LogP contribution is 2.31. The van der Waals surface area contributed by atoms with E-state index in [-0.39, 0.29) is 5.91 Å². The van der Waals surface area contributed by atoms with Crippen molar-refractivity contribution >= 4 is 5.91 Å². The summed E-state index contributed by atoms with van der Waals surface area (Å²) in [6.45, 7) is 1.12. The van der Waals surface area contributed by atoms with Gasteiger partial charge in [-0.25, -0.2) is 0 Å². The number of hydrogen-bond acceptors (Lipinski definition) is 3. The summed E-state index contributed by atoms with van der Waals surface area (Å²) in [6.07, 6.45) is 5.13. The number of hydrogen-bond donors (Lipinski definition) is 2. The molecule has 0 aromatic heterocycles. The topological polar surface area (TPSA) is 58.6 Å². The molecule has 2 aliphatic rings. The molecule has 2 aliphatic carbocycles. The molecule has 1 amide bonds. The minimum Gasteiger partial charge on any atom is -0.493 e. The van der Waals surface area contributed by atoms with Crippen molar-refractivity contribution in [2.24, 2.45) is 5.92 Å². The summed E-state index contributed by atoms with van der Waals surface area (Å²) < 4.78 is 5.63. The van der Waals surface area contributed by atoms with Gasteiger partial charge in [0.2, 0.25) is 0 Å². The van der Waals surface area contributed by atoms with Crippen LogP contribution in [-0.2, 0) is 0 Å². The molecule has 0 saturated heterocycles. The second-order valence-corrected chi connectivity index (χ2v) is 6.04. The maximum atomic E-state index is 12.0. The van der Waals surface area contributed by atoms with Crippen LogP contribution < -0.4 is 10.1 Å². The van der Waals surface area contributed by atoms with Crippen LogP contribution in [0, 0.1) is 5.92 Å². The third-order valence-electron chi connectivity index (χ3n) is 4.16. The van der Waals surface area contributed by atoms with Crippen molar-refractivity contribution in [3.63, 3.8) is 0 Å². The van der Waals surface area contributed by atoms with Gasteiger partial charge in [0.1, 0.15) is 5.75 Å². The second-order valence-electron chi connectivity index (χ2n) is 6.04. The SMILES string of the molecule is O=C(NCC1(O)CCC1)c1ccc(OCC2CC2)cc1. The first-order valence-corrected chi connectivity index (χ1v) is 7.38. The van der Waals surface area contributed by atoms with Gasteiger partial charge in [0.15, 0.2) is 0 Å². The lowest BCUT2D eigenvalue weighted by Crippen LogP contribution is -2.47. The minimum atomic E-state index is -0.678. The Morgan fingerprint density at radius 3 is 2.55 bits per heavy atom. The van der Waals surface area contributed by atoms with Crippen molar-refractivity contribution in [1.82, 2.24) is 5.32 Å². The summed E-state index contributed by atoms with van der Waals surface area (Å²) in [6, 6.07) is 7.19. The number of carbonyl (C=O) groups excluding carboxylic acids is 1. The molecule has 20 heavy (non-hydrogen) atoms. The molecule has 3 rings (SSSR count). The molecule has 1 aromatic rings. The molecule has 1 aromatic carbocycles. The molecule has 108 valence electrons. The van der Waals surface area contributed by atoms with Gasteiger partial charge >= 0.3 is 0 Å². The zero-order valence-corrected chi connectivity index (χ0v) is 11.6. The van der Waals surface area contributed by atoms with Gasteiger partial charge in [-0.2, -0.15) is 0 Å². The third kappa shape index (κ3) is 3.31. The molecular formula is C16H21NO3. The van der Waals surface area contributed by atoms with Gasteiger partial charge < -0.3 is 15.2 Å². The van der Waals surface area contributed by atoms with E-state index in [2.05, 4.69) is 5.32 Å². The van der Waals surface area contributed by atoms with Crippen LogP contribution >= 0.6 is 0 Å². The summed E-state index contributed by atoms with van der Waals surface area (Å²) in [5.74, 6) is 1.39. The van der Waals surface area contributed by atoms with Crippen LogP contribution in [0.15, 0.2) is 24.3 Å². The predicted octanol–water partition coefficient (Wildman–Crippen LogP) is 2.12. The van der Waals surface area contributed by atoms with Crippen molar-refractivity contribution in [3.8, 4) is 5.75 Å². The molecule has 2 fully saturated rings. The van der Waals surface area contributed by atoms with Crippen LogP contribution in [0.2, 0.25) is 0 Å². The Balaban J connectivity index is 1.49. The van der Waals surface area contributed by atoms with E-state index in [9.17, 15) is 9.90 Å². The van der Waals surface area contributed by atoms with Crippen molar-refractivity contribution in [2.45, 2.75) is 37.7 Å². The normalized spacial score (nSPS) is 20.1. The minimum absolute atomic E-state index is 0.140. The summed E-state index contributed by atoms with van der Waals surface area (Å²) in [4.78, 5) is 12.0. The zero-order chi connectivity index (χ0) is 14.0. The molecule has 4 heteroatoms. The van der Waals surface area contributed by atoms with E-state index in [1.807, 2.05) is 12.1 Å². The molecule has 0 heterocycles. The standard InChI is InChI=1S/C16H21NO3/c18-15(17-11-16(19)8-1-9-16)13-4-6-14(7-5-13)20-10-12-2-3-12/h4-7,12,19H,1-3,8-11H2,(H,17,18). The lowest BCUT2D eigenvalue weighted by Gasteiger charge is -2.36. The lowest BCUT2D eigenvalue weighted by atomic mass is 9.80. The van der Waals surface area contributed by atoms with Gasteiger partial charge in [0.25, 0.3) is 5.91 Å². The summed E-state index contributed by atoms with van der Waals surface area (Å²) >= 11 is 0. The molecule has 2 saturated carbocycles. The van der Waals surface area contributed by atoms with Gasteiger partial charge in [-0.1, -0.05) is 0 Å². The number of nitrogens with one attached hydrogen (secondary N) is 1. The number of aliphatic hydroxyl groups is 1. The van der Waals surface area contributed by atoms with Crippen LogP contribution in [0.1, 0.15) is 42.5 Å². The van der Waals surface area contributed by atoms with Gasteiger partial charge in [-0.3, -0.25) is 4.79 Å². The highest BCUT2D eigenvalue weighted by molar-refractivity contribution is 5.94. The fraction of sp³-hybridized carbons (Fsp3) is 0.562. The molecular weight excluding hydrogens is 254 g/mol. The third-order valence-corrected chi connectivity index (χ3v) is 4.16. The fourth-order valence-electron chi connectivity index (χ4n) is 2.31. The van der Waals surface area contributed by atoms with E-state index in [0.29, 0.717) is 12.1 Å². The number of benzene rings is 1. The smallest absolute Gasteiger partial charge is 0.251 e. The largest absolute Gasteiger partial charge is 0.493 e. The average molecular weight is 275 g/mol. The Kier molecular flexibility index (Phi) is 3.66. The lowest BCUT2D eigenvalue weighted by molar-refractivity contribution is -0.0300. The van der Waals surface area contributed by atoms with Gasteiger partial charge in [0.05, 0.1) is 12.2 Å². The molecule has 0 aliphatic heterocycles. The summed E-state index contributed by atoms with van der Waals surface area (Å²) in [7, 11) is 0. The van der Waals surface area contributed by atoms with E-state index in [1.165, 1.54) is 12.8 Å². The number of rotatable bonds is 6. The van der Waals surface area contributed by atoms with Crippen LogP contribution in [0.25, 0.3) is 0 Å². The number of carbonyl (C=O) groups is 1. The van der Waals surface area contributed by atoms with Gasteiger partial charge in [-0.15, -0.1) is 0 Å². The van der Waals surface area contributed by atoms with E-state index in [4.69, 9.17) is 4.74 Å². The van der Waals surface area contributed by atoms with Crippen molar-refractivity contribution in [3.05, 3.63) is 29.8 Å². The maximum absolute atomic E-state index is 12.0. The van der Waals surface area contributed by atoms with E-state index in [1.54, 1.807) is 12.1 Å². The zero-order valence-electron chi connectivity index (χ0n) is 11.6. The van der Waals surface area contributed by atoms with E-state index >= 15 is 0 Å². The second kappa shape index (κ2) is 5.44. The Hall–Kier alpha value is -1.55. The highest BCUT2D eigenvalue weighted by atomic mass is 16.5. The van der Waals surface area contributed by atoms with E-state index in [0.717, 1.165) is 37.5 Å². The summed E-state index contributed by atoms with van der Waals surface area (Å²) in [5.41, 5.74) is -0.0742. The Labute approximate surface area is 119 Å². The first-order chi connectivity index (χ1) is 9.65. The number of amides is 1. The van der Waals surface area contributed by atoms with Crippen molar-refractivity contribution in [1.29, 1.82) is 0 Å². The first-order valence-electron chi connectivity index (χ1n) is 7.38. The first kappa shape index (κ1) is 13.4. The Morgan fingerprint density at radius 2 is 2.00 bits per heavy atom. The van der Waals surface area contributed by atoms with Crippen LogP contribution in [0.4, 0.5) is 0 Å². The Bertz CT molecular complexity index is 475. The Morgan fingerprint density at radius 1 is 1.30 bits per heavy atom. The molecule has 0 unspecified atom stereocenters.